The number of hydrogen-bond donors (Lipinski definition) is 2. The van der Waals surface area contributed by atoms with E-state index in [1.807, 2.05) is 34.5 Å². The molecule has 0 aliphatic heterocycles. The number of hydrogen-bond acceptors (Lipinski definition) is 3. The normalized spacial score (nSPS) is 12.9. The number of benzene rings is 1. The third-order valence-corrected chi connectivity index (χ3v) is 7.22. The first-order valence-corrected chi connectivity index (χ1v) is 13.6. The van der Waals surface area contributed by atoms with Crippen molar-refractivity contribution in [2.75, 3.05) is 0 Å². The Kier molecular flexibility index (Phi) is 5.66. The van der Waals surface area contributed by atoms with Gasteiger partial charge in [0, 0.05) is 0 Å². The van der Waals surface area contributed by atoms with Crippen LogP contribution in [0.4, 0.5) is 26.3 Å². The minimum Gasteiger partial charge on any atom is -0.273 e. The Hall–Kier alpha value is -3.41. The molecule has 0 bridgehead atoms. The molecule has 0 spiro atoms. The molecule has 0 radical (unpaired) electrons. The predicted molar refractivity (Wildman–Crippen MR) is 118 cm³/mol. The van der Waals surface area contributed by atoms with Gasteiger partial charge in [0.15, 0.2) is 0 Å². The van der Waals surface area contributed by atoms with Crippen molar-refractivity contribution in [2.45, 2.75) is 32.0 Å². The van der Waals surface area contributed by atoms with Gasteiger partial charge in [0.05, 0.1) is 19.5 Å². The van der Waals surface area contributed by atoms with Crippen LogP contribution in [-0.2, 0) is 12.4 Å². The second-order valence-corrected chi connectivity index (χ2v) is 13.9. The van der Waals surface area contributed by atoms with E-state index in [2.05, 4.69) is 34.8 Å². The summed E-state index contributed by atoms with van der Waals surface area (Å²) in [5, 5.41) is 12.4. The highest BCUT2D eigenvalue weighted by Gasteiger charge is 2.34. The average molecular weight is 496 g/mol. The lowest BCUT2D eigenvalue weighted by molar-refractivity contribution is -0.142. The second-order valence-electron chi connectivity index (χ2n) is 8.79. The third kappa shape index (κ3) is 4.91. The number of halogens is 6. The van der Waals surface area contributed by atoms with Crippen molar-refractivity contribution in [3.8, 4) is 33.9 Å². The molecule has 178 valence electrons. The van der Waals surface area contributed by atoms with Crippen molar-refractivity contribution >= 4 is 13.3 Å². The monoisotopic (exact) mass is 495 g/mol. The molecule has 0 atom stereocenters. The van der Waals surface area contributed by atoms with Gasteiger partial charge in [0.2, 0.25) is 0 Å². The van der Waals surface area contributed by atoms with Crippen LogP contribution in [0.25, 0.3) is 33.9 Å². The summed E-state index contributed by atoms with van der Waals surface area (Å²) < 4.78 is 78.4. The fraction of sp³-hybridized carbons (Fsp3) is 0.227. The first-order valence-electron chi connectivity index (χ1n) is 10.1. The van der Waals surface area contributed by atoms with Crippen molar-refractivity contribution in [1.82, 2.24) is 25.4 Å². The number of nitrogens with zero attached hydrogens (tertiary/aromatic N) is 3. The Bertz CT molecular complexity index is 1260. The van der Waals surface area contributed by atoms with Crippen molar-refractivity contribution < 1.29 is 26.3 Å². The van der Waals surface area contributed by atoms with E-state index in [0.29, 0.717) is 5.56 Å². The van der Waals surface area contributed by atoms with Crippen molar-refractivity contribution in [1.29, 1.82) is 0 Å². The molecule has 0 aliphatic carbocycles. The van der Waals surface area contributed by atoms with E-state index < -0.39 is 31.8 Å². The Labute approximate surface area is 191 Å². The Morgan fingerprint density at radius 3 is 1.56 bits per heavy atom. The molecule has 0 saturated heterocycles. The highest BCUT2D eigenvalue weighted by atomic mass is 28.3. The fourth-order valence-electron chi connectivity index (χ4n) is 3.32. The molecule has 1 aromatic carbocycles. The number of alkyl halides is 6. The minimum atomic E-state index is -4.64. The highest BCUT2D eigenvalue weighted by Crippen LogP contribution is 2.34. The van der Waals surface area contributed by atoms with Crippen LogP contribution in [0.2, 0.25) is 19.6 Å². The zero-order chi connectivity index (χ0) is 24.9. The standard InChI is InChI=1S/C22H19F6N5Si/c1-34(2,3)14-6-4-5-12(7-14)13-8-15(17-10-19(32-30-17)21(23,24)25)29-16(9-13)18-11-20(33-31-18)22(26,27)28/h4-11H,1-3H3,(H,30,32)(H,31,33). The molecule has 3 heterocycles. The quantitative estimate of drug-likeness (QED) is 0.265. The van der Waals surface area contributed by atoms with E-state index in [0.717, 1.165) is 22.9 Å². The van der Waals surface area contributed by atoms with Gasteiger partial charge in [-0.2, -0.15) is 36.5 Å². The molecule has 0 amide bonds. The SMILES string of the molecule is C[Si](C)(C)c1cccc(-c2cc(-c3cc(C(F)(F)F)[nH]n3)nc(-c3cc(C(F)(F)F)[nH]n3)c2)c1. The summed E-state index contributed by atoms with van der Waals surface area (Å²) in [5.41, 5.74) is -0.862. The highest BCUT2D eigenvalue weighted by molar-refractivity contribution is 6.88. The van der Waals surface area contributed by atoms with Gasteiger partial charge in [-0.25, -0.2) is 4.98 Å². The van der Waals surface area contributed by atoms with Crippen LogP contribution in [0.3, 0.4) is 0 Å². The van der Waals surface area contributed by atoms with Crippen molar-refractivity contribution in [3.05, 3.63) is 59.9 Å². The molecule has 12 heteroatoms. The second kappa shape index (κ2) is 8.11. The zero-order valence-electron chi connectivity index (χ0n) is 18.2. The summed E-state index contributed by atoms with van der Waals surface area (Å²) in [7, 11) is -1.69. The van der Waals surface area contributed by atoms with E-state index in [1.165, 1.54) is 0 Å². The van der Waals surface area contributed by atoms with Crippen LogP contribution in [-0.4, -0.2) is 33.5 Å². The number of H-pyrrole nitrogens is 2. The van der Waals surface area contributed by atoms with Gasteiger partial charge < -0.3 is 0 Å². The lowest BCUT2D eigenvalue weighted by atomic mass is 10.0. The molecule has 5 nitrogen and oxygen atoms in total. The van der Waals surface area contributed by atoms with E-state index >= 15 is 0 Å². The lowest BCUT2D eigenvalue weighted by Gasteiger charge is -2.18. The number of aromatic amines is 2. The zero-order valence-corrected chi connectivity index (χ0v) is 19.2. The van der Waals surface area contributed by atoms with Gasteiger partial charge in [-0.05, 0) is 35.4 Å². The van der Waals surface area contributed by atoms with Gasteiger partial charge in [0.25, 0.3) is 0 Å². The largest absolute Gasteiger partial charge is 0.432 e. The van der Waals surface area contributed by atoms with E-state index in [-0.39, 0.29) is 22.8 Å². The molecule has 4 rings (SSSR count). The van der Waals surface area contributed by atoms with Gasteiger partial charge in [-0.15, -0.1) is 0 Å². The third-order valence-electron chi connectivity index (χ3n) is 5.18. The topological polar surface area (TPSA) is 70.2 Å². The number of pyridine rings is 1. The molecule has 2 N–H and O–H groups in total. The lowest BCUT2D eigenvalue weighted by Crippen LogP contribution is -2.37. The molecule has 0 saturated carbocycles. The maximum Gasteiger partial charge on any atom is 0.432 e. The summed E-state index contributed by atoms with van der Waals surface area (Å²) in [6.07, 6.45) is -9.28. The smallest absolute Gasteiger partial charge is 0.273 e. The average Bonchev–Trinajstić information content (AvgIpc) is 3.43. The predicted octanol–water partition coefficient (Wildman–Crippen LogP) is 6.11. The van der Waals surface area contributed by atoms with E-state index in [1.54, 1.807) is 12.1 Å². The molecule has 0 unspecified atom stereocenters. The number of rotatable bonds is 4. The first-order chi connectivity index (χ1) is 15.7. The summed E-state index contributed by atoms with van der Waals surface area (Å²) in [5.74, 6) is 0. The summed E-state index contributed by atoms with van der Waals surface area (Å²) in [4.78, 5) is 4.27. The van der Waals surface area contributed by atoms with E-state index in [4.69, 9.17) is 0 Å². The molecule has 0 aliphatic rings. The van der Waals surface area contributed by atoms with Crippen molar-refractivity contribution in [2.24, 2.45) is 0 Å². The van der Waals surface area contributed by atoms with Gasteiger partial charge in [-0.1, -0.05) is 49.1 Å². The van der Waals surface area contributed by atoms with Crippen molar-refractivity contribution in [3.63, 3.8) is 0 Å². The molecule has 3 aromatic heterocycles. The minimum absolute atomic E-state index is 0.0641. The molecular weight excluding hydrogens is 476 g/mol. The molecule has 34 heavy (non-hydrogen) atoms. The Balaban J connectivity index is 1.88. The summed E-state index contributed by atoms with van der Waals surface area (Å²) in [6.45, 7) is 6.50. The van der Waals surface area contributed by atoms with Gasteiger partial charge in [-0.3, -0.25) is 10.2 Å². The molecular formula is C22H19F6N5Si. The van der Waals surface area contributed by atoms with Crippen LogP contribution >= 0.6 is 0 Å². The van der Waals surface area contributed by atoms with Crippen LogP contribution < -0.4 is 5.19 Å². The van der Waals surface area contributed by atoms with Crippen LogP contribution in [0.15, 0.2) is 48.5 Å². The Morgan fingerprint density at radius 2 is 1.15 bits per heavy atom. The maximum atomic E-state index is 13.1. The number of aromatic nitrogens is 5. The van der Waals surface area contributed by atoms with Gasteiger partial charge >= 0.3 is 12.4 Å². The summed E-state index contributed by atoms with van der Waals surface area (Å²) >= 11 is 0. The van der Waals surface area contributed by atoms with Crippen LogP contribution in [0.5, 0.6) is 0 Å². The first kappa shape index (κ1) is 23.7. The maximum absolute atomic E-state index is 13.1. The fourth-order valence-corrected chi connectivity index (χ4v) is 4.51. The number of nitrogens with one attached hydrogen (secondary N) is 2. The Morgan fingerprint density at radius 1 is 0.647 bits per heavy atom. The molecule has 4 aromatic rings. The van der Waals surface area contributed by atoms with Crippen LogP contribution in [0, 0.1) is 0 Å². The van der Waals surface area contributed by atoms with Crippen LogP contribution in [0.1, 0.15) is 11.4 Å². The van der Waals surface area contributed by atoms with Gasteiger partial charge in [0.1, 0.15) is 22.8 Å². The summed E-state index contributed by atoms with van der Waals surface area (Å²) in [6, 6.07) is 12.4. The van der Waals surface area contributed by atoms with E-state index in [9.17, 15) is 26.3 Å². The molecule has 0 fully saturated rings.